The quantitative estimate of drug-likeness (QED) is 0.944. The summed E-state index contributed by atoms with van der Waals surface area (Å²) in [6.45, 7) is 4.86. The van der Waals surface area contributed by atoms with Crippen molar-refractivity contribution in [1.29, 1.82) is 0 Å². The van der Waals surface area contributed by atoms with Crippen molar-refractivity contribution in [2.45, 2.75) is 39.2 Å². The molecule has 21 heavy (non-hydrogen) atoms. The molecule has 112 valence electrons. The minimum atomic E-state index is -0.764. The molecule has 0 bridgehead atoms. The van der Waals surface area contributed by atoms with Gasteiger partial charge in [-0.05, 0) is 31.2 Å². The summed E-state index contributed by atoms with van der Waals surface area (Å²) in [5.41, 5.74) is 0. The second-order valence-corrected chi connectivity index (χ2v) is 6.69. The Balaban J connectivity index is 2.09. The molecular formula is C15H19N3O2S. The Hall–Kier alpha value is -1.69. The van der Waals surface area contributed by atoms with Crippen LogP contribution in [0.3, 0.4) is 0 Å². The van der Waals surface area contributed by atoms with E-state index in [0.29, 0.717) is 0 Å². The highest BCUT2D eigenvalue weighted by Crippen LogP contribution is 2.35. The van der Waals surface area contributed by atoms with Crippen LogP contribution in [0.1, 0.15) is 31.6 Å². The normalized spacial score (nSPS) is 22.7. The lowest BCUT2D eigenvalue weighted by Crippen LogP contribution is -2.49. The van der Waals surface area contributed by atoms with Crippen LogP contribution in [0.25, 0.3) is 10.2 Å². The molecule has 1 fully saturated rings. The zero-order valence-corrected chi connectivity index (χ0v) is 13.1. The monoisotopic (exact) mass is 305 g/mol. The van der Waals surface area contributed by atoms with Gasteiger partial charge in [0.25, 0.3) is 0 Å². The Bertz CT molecular complexity index is 670. The molecule has 2 atom stereocenters. The lowest BCUT2D eigenvalue weighted by atomic mass is 9.90. The Kier molecular flexibility index (Phi) is 3.80. The van der Waals surface area contributed by atoms with Gasteiger partial charge in [-0.25, -0.2) is 14.8 Å². The molecule has 2 unspecified atom stereocenters. The van der Waals surface area contributed by atoms with Crippen molar-refractivity contribution in [3.63, 3.8) is 0 Å². The molecule has 2 aromatic rings. The number of carboxylic acid groups (broad SMARTS) is 1. The summed E-state index contributed by atoms with van der Waals surface area (Å²) in [5, 5.41) is 10.6. The fourth-order valence-corrected chi connectivity index (χ4v) is 4.03. The van der Waals surface area contributed by atoms with E-state index in [2.05, 4.69) is 23.0 Å². The van der Waals surface area contributed by atoms with Crippen LogP contribution in [0, 0.1) is 5.92 Å². The van der Waals surface area contributed by atoms with Gasteiger partial charge >= 0.3 is 5.97 Å². The van der Waals surface area contributed by atoms with Gasteiger partial charge in [0, 0.05) is 11.4 Å². The van der Waals surface area contributed by atoms with Crippen molar-refractivity contribution < 1.29 is 9.90 Å². The van der Waals surface area contributed by atoms with Gasteiger partial charge in [-0.2, -0.15) is 0 Å². The highest BCUT2D eigenvalue weighted by molar-refractivity contribution is 7.18. The zero-order valence-electron chi connectivity index (χ0n) is 12.2. The third-order valence-electron chi connectivity index (χ3n) is 4.17. The zero-order chi connectivity index (χ0) is 15.0. The summed E-state index contributed by atoms with van der Waals surface area (Å²) in [7, 11) is 0. The average molecular weight is 305 g/mol. The highest BCUT2D eigenvalue weighted by Gasteiger charge is 2.35. The number of thiophene rings is 1. The van der Waals surface area contributed by atoms with E-state index in [1.807, 2.05) is 11.8 Å². The van der Waals surface area contributed by atoms with Crippen LogP contribution in [0.2, 0.25) is 0 Å². The molecule has 1 saturated heterocycles. The first kappa shape index (κ1) is 14.3. The molecule has 0 saturated carbocycles. The van der Waals surface area contributed by atoms with Crippen molar-refractivity contribution in [2.75, 3.05) is 11.4 Å². The van der Waals surface area contributed by atoms with Gasteiger partial charge in [-0.1, -0.05) is 13.8 Å². The van der Waals surface area contributed by atoms with Gasteiger partial charge in [-0.15, -0.1) is 11.3 Å². The van der Waals surface area contributed by atoms with E-state index in [1.165, 1.54) is 4.88 Å². The molecule has 0 aromatic carbocycles. The largest absolute Gasteiger partial charge is 0.480 e. The van der Waals surface area contributed by atoms with E-state index >= 15 is 0 Å². The number of anilines is 1. The second kappa shape index (κ2) is 5.60. The van der Waals surface area contributed by atoms with E-state index in [0.717, 1.165) is 41.8 Å². The highest BCUT2D eigenvalue weighted by atomic mass is 32.1. The van der Waals surface area contributed by atoms with Gasteiger partial charge < -0.3 is 10.0 Å². The van der Waals surface area contributed by atoms with Gasteiger partial charge in [0.15, 0.2) is 0 Å². The van der Waals surface area contributed by atoms with E-state index in [1.54, 1.807) is 17.7 Å². The maximum Gasteiger partial charge on any atom is 0.326 e. The smallest absolute Gasteiger partial charge is 0.326 e. The fraction of sp³-hybridized carbons (Fsp3) is 0.533. The number of aryl methyl sites for hydroxylation is 1. The molecular weight excluding hydrogens is 286 g/mol. The molecule has 0 radical (unpaired) electrons. The maximum absolute atomic E-state index is 11.7. The van der Waals surface area contributed by atoms with Crippen LogP contribution in [-0.4, -0.2) is 33.6 Å². The van der Waals surface area contributed by atoms with Crippen LogP contribution in [0.15, 0.2) is 12.4 Å². The summed E-state index contributed by atoms with van der Waals surface area (Å²) < 4.78 is 0. The van der Waals surface area contributed by atoms with Gasteiger partial charge in [0.1, 0.15) is 23.0 Å². The number of hydrogen-bond acceptors (Lipinski definition) is 5. The van der Waals surface area contributed by atoms with E-state index in [4.69, 9.17) is 0 Å². The number of piperidine rings is 1. The molecule has 0 aliphatic carbocycles. The molecule has 3 heterocycles. The molecule has 1 aliphatic heterocycles. The molecule has 3 rings (SSSR count). The summed E-state index contributed by atoms with van der Waals surface area (Å²) >= 11 is 1.66. The third kappa shape index (κ3) is 2.48. The van der Waals surface area contributed by atoms with Crippen LogP contribution in [-0.2, 0) is 11.2 Å². The molecule has 6 heteroatoms. The lowest BCUT2D eigenvalue weighted by Gasteiger charge is -2.38. The van der Waals surface area contributed by atoms with Gasteiger partial charge in [0.05, 0.1) is 5.39 Å². The van der Waals surface area contributed by atoms with Crippen LogP contribution in [0.5, 0.6) is 0 Å². The van der Waals surface area contributed by atoms with Crippen LogP contribution >= 0.6 is 11.3 Å². The third-order valence-corrected chi connectivity index (χ3v) is 5.35. The summed E-state index contributed by atoms with van der Waals surface area (Å²) in [6.07, 6.45) is 4.46. The molecule has 1 N–H and O–H groups in total. The minimum Gasteiger partial charge on any atom is -0.480 e. The molecule has 0 amide bonds. The van der Waals surface area contributed by atoms with Crippen molar-refractivity contribution >= 4 is 33.3 Å². The maximum atomic E-state index is 11.7. The van der Waals surface area contributed by atoms with Crippen molar-refractivity contribution in [2.24, 2.45) is 5.92 Å². The van der Waals surface area contributed by atoms with Crippen LogP contribution < -0.4 is 4.90 Å². The molecule has 0 spiro atoms. The molecule has 2 aromatic heterocycles. The number of carbonyl (C=O) groups is 1. The first-order chi connectivity index (χ1) is 10.1. The van der Waals surface area contributed by atoms with E-state index in [-0.39, 0.29) is 5.92 Å². The second-order valence-electron chi connectivity index (χ2n) is 5.58. The topological polar surface area (TPSA) is 66.3 Å². The number of aromatic nitrogens is 2. The summed E-state index contributed by atoms with van der Waals surface area (Å²) in [4.78, 5) is 24.5. The van der Waals surface area contributed by atoms with Crippen LogP contribution in [0.4, 0.5) is 5.82 Å². The Morgan fingerprint density at radius 1 is 1.52 bits per heavy atom. The number of fused-ring (bicyclic) bond motifs is 1. The van der Waals surface area contributed by atoms with Crippen molar-refractivity contribution in [3.8, 4) is 0 Å². The fourth-order valence-electron chi connectivity index (χ4n) is 3.10. The number of rotatable bonds is 3. The predicted molar refractivity (Wildman–Crippen MR) is 84.0 cm³/mol. The Morgan fingerprint density at radius 3 is 3.05 bits per heavy atom. The molecule has 5 nitrogen and oxygen atoms in total. The van der Waals surface area contributed by atoms with Gasteiger partial charge in [-0.3, -0.25) is 0 Å². The molecule has 1 aliphatic rings. The SMILES string of the molecule is CCc1cc2c(N3CCCC(C)C3C(=O)O)ncnc2s1. The predicted octanol–water partition coefficient (Wildman–Crippen LogP) is 2.94. The number of hydrogen-bond donors (Lipinski definition) is 1. The number of nitrogens with zero attached hydrogens (tertiary/aromatic N) is 3. The van der Waals surface area contributed by atoms with Gasteiger partial charge in [0.2, 0.25) is 0 Å². The standard InChI is InChI=1S/C15H19N3O2S/c1-3-10-7-11-13(16-8-17-14(11)21-10)18-6-4-5-9(2)12(18)15(19)20/h7-9,12H,3-6H2,1-2H3,(H,19,20). The number of carboxylic acids is 1. The first-order valence-electron chi connectivity index (χ1n) is 7.34. The van der Waals surface area contributed by atoms with Crippen molar-refractivity contribution in [1.82, 2.24) is 9.97 Å². The average Bonchev–Trinajstić information content (AvgIpc) is 2.89. The first-order valence-corrected chi connectivity index (χ1v) is 8.16. The summed E-state index contributed by atoms with van der Waals surface area (Å²) in [5.74, 6) is 0.139. The Morgan fingerprint density at radius 2 is 2.33 bits per heavy atom. The Labute approximate surface area is 127 Å². The van der Waals surface area contributed by atoms with E-state index in [9.17, 15) is 9.90 Å². The summed E-state index contributed by atoms with van der Waals surface area (Å²) in [6, 6.07) is 1.61. The number of aliphatic carboxylic acids is 1. The van der Waals surface area contributed by atoms with Crippen molar-refractivity contribution in [3.05, 3.63) is 17.3 Å². The lowest BCUT2D eigenvalue weighted by molar-refractivity contribution is -0.140. The minimum absolute atomic E-state index is 0.130. The van der Waals surface area contributed by atoms with E-state index < -0.39 is 12.0 Å².